The van der Waals surface area contributed by atoms with Gasteiger partial charge in [0.25, 0.3) is 0 Å². The lowest BCUT2D eigenvalue weighted by molar-refractivity contribution is 0.300. The molecule has 2 aromatic heterocycles. The van der Waals surface area contributed by atoms with E-state index in [4.69, 9.17) is 21.1 Å². The highest BCUT2D eigenvalue weighted by Gasteiger charge is 2.10. The highest BCUT2D eigenvalue weighted by Crippen LogP contribution is 2.20. The number of nitrogens with one attached hydrogen (secondary N) is 2. The summed E-state index contributed by atoms with van der Waals surface area (Å²) in [5.74, 6) is 2.85. The van der Waals surface area contributed by atoms with Crippen molar-refractivity contribution >= 4 is 11.6 Å². The Kier molecular flexibility index (Phi) is 5.30. The summed E-state index contributed by atoms with van der Waals surface area (Å²) in [7, 11) is 0. The molecular weight excluding hydrogens is 376 g/mol. The minimum absolute atomic E-state index is 0.334. The van der Waals surface area contributed by atoms with E-state index in [1.54, 1.807) is 18.3 Å². The Morgan fingerprint density at radius 3 is 2.21 bits per heavy atom. The van der Waals surface area contributed by atoms with Gasteiger partial charge < -0.3 is 19.4 Å². The van der Waals surface area contributed by atoms with E-state index in [1.807, 2.05) is 49.5 Å². The lowest BCUT2D eigenvalue weighted by atomic mass is 10.2. The van der Waals surface area contributed by atoms with Crippen LogP contribution in [0.25, 0.3) is 11.6 Å². The molecule has 2 heterocycles. The maximum atomic E-state index is 5.96. The van der Waals surface area contributed by atoms with E-state index in [9.17, 15) is 0 Å². The number of benzene rings is 2. The number of ether oxygens (including phenoxy) is 2. The van der Waals surface area contributed by atoms with Crippen molar-refractivity contribution in [3.63, 3.8) is 0 Å². The van der Waals surface area contributed by atoms with Gasteiger partial charge in [-0.2, -0.15) is 0 Å². The quantitative estimate of drug-likeness (QED) is 0.466. The Hall–Kier alpha value is -3.25. The number of aryl methyl sites for hydroxylation is 1. The second kappa shape index (κ2) is 8.19. The van der Waals surface area contributed by atoms with Crippen molar-refractivity contribution in [3.8, 4) is 23.1 Å². The van der Waals surface area contributed by atoms with Gasteiger partial charge in [-0.25, -0.2) is 9.97 Å². The molecule has 0 saturated heterocycles. The fourth-order valence-electron chi connectivity index (χ4n) is 2.69. The van der Waals surface area contributed by atoms with E-state index in [1.165, 1.54) is 0 Å². The van der Waals surface area contributed by atoms with E-state index in [0.717, 1.165) is 22.7 Å². The first-order chi connectivity index (χ1) is 13.7. The minimum Gasteiger partial charge on any atom is -0.487 e. The Bertz CT molecular complexity index is 1070. The summed E-state index contributed by atoms with van der Waals surface area (Å²) in [6, 6.07) is 15.2. The minimum atomic E-state index is 0.334. The van der Waals surface area contributed by atoms with E-state index in [0.29, 0.717) is 35.6 Å². The van der Waals surface area contributed by atoms with Crippen molar-refractivity contribution < 1.29 is 9.47 Å². The average molecular weight is 395 g/mol. The molecule has 0 atom stereocenters. The van der Waals surface area contributed by atoms with Gasteiger partial charge in [0.2, 0.25) is 0 Å². The third-order valence-electron chi connectivity index (χ3n) is 4.14. The molecule has 0 fully saturated rings. The number of hydrogen-bond donors (Lipinski definition) is 2. The Morgan fingerprint density at radius 2 is 1.54 bits per heavy atom. The Morgan fingerprint density at radius 1 is 0.857 bits per heavy atom. The number of rotatable bonds is 7. The van der Waals surface area contributed by atoms with Crippen LogP contribution in [0.4, 0.5) is 0 Å². The predicted octanol–water partition coefficient (Wildman–Crippen LogP) is 4.92. The van der Waals surface area contributed by atoms with Gasteiger partial charge in [0.15, 0.2) is 11.6 Å². The normalized spacial score (nSPS) is 10.8. The first-order valence-corrected chi connectivity index (χ1v) is 9.21. The van der Waals surface area contributed by atoms with E-state index in [-0.39, 0.29) is 0 Å². The van der Waals surface area contributed by atoms with Crippen LogP contribution in [-0.2, 0) is 13.2 Å². The van der Waals surface area contributed by atoms with Crippen molar-refractivity contribution in [1.82, 2.24) is 19.9 Å². The molecule has 0 aliphatic rings. The molecule has 0 spiro atoms. The Labute approximate surface area is 167 Å². The van der Waals surface area contributed by atoms with Gasteiger partial charge in [-0.3, -0.25) is 0 Å². The summed E-state index contributed by atoms with van der Waals surface area (Å²) in [4.78, 5) is 15.3. The number of imidazole rings is 2. The van der Waals surface area contributed by atoms with Gasteiger partial charge in [0, 0.05) is 17.4 Å². The average Bonchev–Trinajstić information content (AvgIpc) is 3.35. The molecule has 4 aromatic rings. The van der Waals surface area contributed by atoms with Crippen LogP contribution in [0.2, 0.25) is 5.02 Å². The van der Waals surface area contributed by atoms with Crippen molar-refractivity contribution in [1.29, 1.82) is 0 Å². The molecule has 0 radical (unpaired) electrons. The van der Waals surface area contributed by atoms with Crippen LogP contribution < -0.4 is 9.47 Å². The van der Waals surface area contributed by atoms with Crippen molar-refractivity contribution in [2.75, 3.05) is 0 Å². The second-order valence-corrected chi connectivity index (χ2v) is 6.72. The SMILES string of the molecule is Cc1ccccc1OCc1c[nH]c(-c2nc(COc3cccc(Cl)c3)c[nH]2)n1. The molecule has 28 heavy (non-hydrogen) atoms. The highest BCUT2D eigenvalue weighted by atomic mass is 35.5. The monoisotopic (exact) mass is 394 g/mol. The summed E-state index contributed by atoms with van der Waals surface area (Å²) in [6.07, 6.45) is 3.62. The van der Waals surface area contributed by atoms with Crippen LogP contribution in [0.3, 0.4) is 0 Å². The molecule has 4 rings (SSSR count). The molecule has 0 bridgehead atoms. The maximum Gasteiger partial charge on any atom is 0.173 e. The number of halogens is 1. The third-order valence-corrected chi connectivity index (χ3v) is 4.37. The Balaban J connectivity index is 1.37. The molecule has 0 saturated carbocycles. The summed E-state index contributed by atoms with van der Waals surface area (Å²) in [6.45, 7) is 2.73. The summed E-state index contributed by atoms with van der Waals surface area (Å²) in [5, 5.41) is 0.635. The fraction of sp³-hybridized carbons (Fsp3) is 0.143. The van der Waals surface area contributed by atoms with Crippen LogP contribution in [0.15, 0.2) is 60.9 Å². The highest BCUT2D eigenvalue weighted by molar-refractivity contribution is 6.30. The standard InChI is InChI=1S/C21H19ClN4O2/c1-14-5-2-3-8-19(14)28-13-17-11-24-21(26-17)20-23-10-16(25-20)12-27-18-7-4-6-15(22)9-18/h2-11H,12-13H2,1H3,(H,23,25)(H,24,26). The van der Waals surface area contributed by atoms with Gasteiger partial charge in [-0.15, -0.1) is 0 Å². The largest absolute Gasteiger partial charge is 0.487 e. The van der Waals surface area contributed by atoms with Crippen LogP contribution in [0.5, 0.6) is 11.5 Å². The van der Waals surface area contributed by atoms with Crippen molar-refractivity contribution in [2.24, 2.45) is 0 Å². The fourth-order valence-corrected chi connectivity index (χ4v) is 2.87. The zero-order valence-corrected chi connectivity index (χ0v) is 16.0. The zero-order chi connectivity index (χ0) is 19.3. The summed E-state index contributed by atoms with van der Waals surface area (Å²) < 4.78 is 11.5. The molecule has 0 aliphatic carbocycles. The lowest BCUT2D eigenvalue weighted by Gasteiger charge is -2.06. The molecule has 0 amide bonds. The van der Waals surface area contributed by atoms with Gasteiger partial charge >= 0.3 is 0 Å². The molecule has 142 valence electrons. The van der Waals surface area contributed by atoms with Crippen LogP contribution in [0, 0.1) is 6.92 Å². The molecule has 0 unspecified atom stereocenters. The first kappa shape index (κ1) is 18.1. The molecule has 2 aromatic carbocycles. The number of aromatic nitrogens is 4. The van der Waals surface area contributed by atoms with Gasteiger partial charge in [0.1, 0.15) is 24.7 Å². The molecule has 0 aliphatic heterocycles. The van der Waals surface area contributed by atoms with Crippen LogP contribution in [0.1, 0.15) is 17.0 Å². The predicted molar refractivity (Wildman–Crippen MR) is 107 cm³/mol. The molecule has 6 nitrogen and oxygen atoms in total. The summed E-state index contributed by atoms with van der Waals surface area (Å²) in [5.41, 5.74) is 2.66. The molecule has 7 heteroatoms. The lowest BCUT2D eigenvalue weighted by Crippen LogP contribution is -1.97. The van der Waals surface area contributed by atoms with Crippen molar-refractivity contribution in [3.05, 3.63) is 82.9 Å². The van der Waals surface area contributed by atoms with E-state index < -0.39 is 0 Å². The third kappa shape index (κ3) is 4.35. The zero-order valence-electron chi connectivity index (χ0n) is 15.3. The maximum absolute atomic E-state index is 5.96. The van der Waals surface area contributed by atoms with E-state index in [2.05, 4.69) is 19.9 Å². The number of nitrogens with zero attached hydrogens (tertiary/aromatic N) is 2. The topological polar surface area (TPSA) is 75.8 Å². The van der Waals surface area contributed by atoms with Gasteiger partial charge in [-0.1, -0.05) is 35.9 Å². The molecule has 2 N–H and O–H groups in total. The number of aromatic amines is 2. The second-order valence-electron chi connectivity index (χ2n) is 6.28. The number of H-pyrrole nitrogens is 2. The van der Waals surface area contributed by atoms with Crippen LogP contribution >= 0.6 is 11.6 Å². The summed E-state index contributed by atoms with van der Waals surface area (Å²) >= 11 is 5.96. The number of para-hydroxylation sites is 1. The first-order valence-electron chi connectivity index (χ1n) is 8.83. The number of hydrogen-bond acceptors (Lipinski definition) is 4. The van der Waals surface area contributed by atoms with Crippen LogP contribution in [-0.4, -0.2) is 19.9 Å². The van der Waals surface area contributed by atoms with Crippen molar-refractivity contribution in [2.45, 2.75) is 20.1 Å². The van der Waals surface area contributed by atoms with Gasteiger partial charge in [-0.05, 0) is 36.8 Å². The van der Waals surface area contributed by atoms with Gasteiger partial charge in [0.05, 0.1) is 11.4 Å². The van der Waals surface area contributed by atoms with E-state index >= 15 is 0 Å². The smallest absolute Gasteiger partial charge is 0.173 e. The molecular formula is C21H19ClN4O2.